The lowest BCUT2D eigenvalue weighted by molar-refractivity contribution is -0.175. The maximum absolute atomic E-state index is 12.8. The Morgan fingerprint density at radius 3 is 2.10 bits per heavy atom. The summed E-state index contributed by atoms with van der Waals surface area (Å²) in [7, 11) is 1.35. The van der Waals surface area contributed by atoms with Crippen LogP contribution < -0.4 is 5.01 Å². The first-order valence-electron chi connectivity index (χ1n) is 5.39. The molecule has 0 spiro atoms. The molecule has 20 heavy (non-hydrogen) atoms. The van der Waals surface area contributed by atoms with Gasteiger partial charge in [0.1, 0.15) is 5.92 Å². The summed E-state index contributed by atoms with van der Waals surface area (Å²) in [5, 5.41) is 2.20. The Hall–Kier alpha value is -0.690. The van der Waals surface area contributed by atoms with Crippen LogP contribution in [-0.2, 0) is 4.79 Å². The lowest BCUT2D eigenvalue weighted by Crippen LogP contribution is -2.38. The van der Waals surface area contributed by atoms with E-state index in [0.29, 0.717) is 0 Å². The molecule has 9 heteroatoms. The summed E-state index contributed by atoms with van der Waals surface area (Å²) in [5.74, 6) is -3.22. The van der Waals surface area contributed by atoms with Gasteiger partial charge in [-0.15, -0.1) is 0 Å². The van der Waals surface area contributed by atoms with Crippen LogP contribution in [0.3, 0.4) is 0 Å². The molecule has 1 atom stereocenters. The number of rotatable bonds is 1. The van der Waals surface area contributed by atoms with Gasteiger partial charge in [0.25, 0.3) is 5.91 Å². The zero-order chi connectivity index (χ0) is 15.2. The second-order valence-electron chi connectivity index (χ2n) is 4.30. The first-order valence-corrected chi connectivity index (χ1v) is 6.52. The number of carbonyl (C=O) groups is 1. The molecule has 3 nitrogen and oxygen atoms in total. The van der Waals surface area contributed by atoms with E-state index < -0.39 is 24.5 Å². The van der Waals surface area contributed by atoms with Gasteiger partial charge in [-0.1, -0.05) is 34.8 Å². The fourth-order valence-electron chi connectivity index (χ4n) is 2.00. The fourth-order valence-corrected chi connectivity index (χ4v) is 2.98. The van der Waals surface area contributed by atoms with Crippen LogP contribution in [0.4, 0.5) is 18.9 Å². The zero-order valence-corrected chi connectivity index (χ0v) is 12.3. The van der Waals surface area contributed by atoms with Crippen LogP contribution in [0.5, 0.6) is 0 Å². The van der Waals surface area contributed by atoms with Crippen molar-refractivity contribution >= 4 is 46.4 Å². The van der Waals surface area contributed by atoms with Gasteiger partial charge in [-0.25, -0.2) is 10.0 Å². The van der Waals surface area contributed by atoms with Gasteiger partial charge in [0.2, 0.25) is 0 Å². The fraction of sp³-hybridized carbons (Fsp3) is 0.364. The summed E-state index contributed by atoms with van der Waals surface area (Å²) in [6.07, 6.45) is -4.62. The van der Waals surface area contributed by atoms with Crippen LogP contribution in [0.15, 0.2) is 12.1 Å². The van der Waals surface area contributed by atoms with E-state index in [1.54, 1.807) is 0 Å². The maximum Gasteiger partial charge on any atom is 0.401 e. The number of hydrazine groups is 1. The van der Waals surface area contributed by atoms with Crippen molar-refractivity contribution in [3.8, 4) is 0 Å². The van der Waals surface area contributed by atoms with Crippen LogP contribution in [0.1, 0.15) is 0 Å². The quantitative estimate of drug-likeness (QED) is 0.766. The van der Waals surface area contributed by atoms with E-state index in [-0.39, 0.29) is 20.8 Å². The number of benzene rings is 1. The molecule has 1 aliphatic rings. The van der Waals surface area contributed by atoms with Gasteiger partial charge >= 0.3 is 6.18 Å². The summed E-state index contributed by atoms with van der Waals surface area (Å²) in [5.41, 5.74) is -0.00279. The van der Waals surface area contributed by atoms with Gasteiger partial charge in [-0.05, 0) is 12.1 Å². The molecule has 0 aromatic heterocycles. The summed E-state index contributed by atoms with van der Waals surface area (Å²) < 4.78 is 38.3. The van der Waals surface area contributed by atoms with Gasteiger partial charge in [-0.3, -0.25) is 4.79 Å². The Bertz CT molecular complexity index is 541. The second kappa shape index (κ2) is 5.26. The molecule has 0 aliphatic carbocycles. The molecule has 0 saturated carbocycles. The molecule has 1 amide bonds. The molecular formula is C11H8Cl3F3N2O. The molecule has 0 N–H and O–H groups in total. The van der Waals surface area contributed by atoms with Gasteiger partial charge in [-0.2, -0.15) is 13.2 Å². The zero-order valence-electron chi connectivity index (χ0n) is 10.0. The third-order valence-corrected chi connectivity index (χ3v) is 3.68. The Kier molecular flexibility index (Phi) is 4.12. The average Bonchev–Trinajstić information content (AvgIpc) is 2.55. The monoisotopic (exact) mass is 346 g/mol. The molecule has 1 aliphatic heterocycles. The molecule has 1 aromatic rings. The largest absolute Gasteiger partial charge is 0.401 e. The second-order valence-corrected chi connectivity index (χ2v) is 5.55. The molecule has 110 valence electrons. The Labute approximate surface area is 127 Å². The average molecular weight is 348 g/mol. The Morgan fingerprint density at radius 2 is 1.70 bits per heavy atom. The van der Waals surface area contributed by atoms with Crippen molar-refractivity contribution in [3.05, 3.63) is 27.2 Å². The minimum absolute atomic E-state index is 0.00279. The minimum Gasteiger partial charge on any atom is -0.272 e. The van der Waals surface area contributed by atoms with Crippen LogP contribution in [0.2, 0.25) is 15.1 Å². The van der Waals surface area contributed by atoms with Gasteiger partial charge in [0.05, 0.1) is 15.7 Å². The summed E-state index contributed by atoms with van der Waals surface area (Å²) in [4.78, 5) is 12.0. The molecule has 0 radical (unpaired) electrons. The molecule has 0 bridgehead atoms. The van der Waals surface area contributed by atoms with Crippen molar-refractivity contribution in [2.75, 3.05) is 18.6 Å². The number of halogens is 6. The molecule has 1 unspecified atom stereocenters. The van der Waals surface area contributed by atoms with E-state index in [0.717, 1.165) is 10.0 Å². The predicted molar refractivity (Wildman–Crippen MR) is 71.1 cm³/mol. The van der Waals surface area contributed by atoms with Crippen molar-refractivity contribution in [1.29, 1.82) is 0 Å². The number of nitrogens with zero attached hydrogens (tertiary/aromatic N) is 2. The third kappa shape index (κ3) is 2.70. The topological polar surface area (TPSA) is 23.6 Å². The van der Waals surface area contributed by atoms with E-state index in [1.807, 2.05) is 0 Å². The van der Waals surface area contributed by atoms with E-state index in [9.17, 15) is 18.0 Å². The summed E-state index contributed by atoms with van der Waals surface area (Å²) in [6, 6.07) is 2.62. The molecule has 1 heterocycles. The van der Waals surface area contributed by atoms with Crippen molar-refractivity contribution in [3.63, 3.8) is 0 Å². The van der Waals surface area contributed by atoms with Crippen LogP contribution >= 0.6 is 34.8 Å². The number of hydrogen-bond acceptors (Lipinski definition) is 2. The number of hydrogen-bond donors (Lipinski definition) is 0. The lowest BCUT2D eigenvalue weighted by Gasteiger charge is -2.25. The van der Waals surface area contributed by atoms with Crippen LogP contribution in [0, 0.1) is 5.92 Å². The highest BCUT2D eigenvalue weighted by atomic mass is 35.5. The Balaban J connectivity index is 2.47. The molecule has 1 saturated heterocycles. The minimum atomic E-state index is -4.62. The highest BCUT2D eigenvalue weighted by molar-refractivity contribution is 6.42. The van der Waals surface area contributed by atoms with Crippen LogP contribution in [0.25, 0.3) is 0 Å². The normalized spacial score (nSPS) is 20.9. The summed E-state index contributed by atoms with van der Waals surface area (Å²) in [6.45, 7) is -0.488. The van der Waals surface area contributed by atoms with E-state index >= 15 is 0 Å². The van der Waals surface area contributed by atoms with Gasteiger partial charge in [0, 0.05) is 18.6 Å². The SMILES string of the molecule is CN1CC(C(F)(F)F)C(=O)N1c1c(Cl)cc(Cl)cc1Cl. The highest BCUT2D eigenvalue weighted by Crippen LogP contribution is 2.42. The smallest absolute Gasteiger partial charge is 0.272 e. The number of carbonyl (C=O) groups excluding carboxylic acids is 1. The van der Waals surface area contributed by atoms with Crippen molar-refractivity contribution in [2.45, 2.75) is 6.18 Å². The maximum atomic E-state index is 12.8. The first-order chi connectivity index (χ1) is 9.12. The standard InChI is InChI=1S/C11H8Cl3F3N2O/c1-18-4-6(11(15,16)17)10(20)19(18)9-7(13)2-5(12)3-8(9)14/h2-3,6H,4H2,1H3. The van der Waals surface area contributed by atoms with Crippen LogP contribution in [-0.4, -0.2) is 30.7 Å². The molecule has 1 fully saturated rings. The Morgan fingerprint density at radius 1 is 1.20 bits per heavy atom. The molecular weight excluding hydrogens is 339 g/mol. The third-order valence-electron chi connectivity index (χ3n) is 2.88. The highest BCUT2D eigenvalue weighted by Gasteiger charge is 2.53. The van der Waals surface area contributed by atoms with E-state index in [4.69, 9.17) is 34.8 Å². The summed E-state index contributed by atoms with van der Waals surface area (Å²) >= 11 is 17.6. The number of anilines is 1. The number of alkyl halides is 3. The van der Waals surface area contributed by atoms with Crippen molar-refractivity contribution in [1.82, 2.24) is 5.01 Å². The number of amides is 1. The van der Waals surface area contributed by atoms with Gasteiger partial charge in [0.15, 0.2) is 0 Å². The van der Waals surface area contributed by atoms with Gasteiger partial charge < -0.3 is 0 Å². The van der Waals surface area contributed by atoms with E-state index in [2.05, 4.69) is 0 Å². The lowest BCUT2D eigenvalue weighted by atomic mass is 10.1. The molecule has 2 rings (SSSR count). The molecule has 1 aromatic carbocycles. The van der Waals surface area contributed by atoms with Crippen molar-refractivity contribution in [2.24, 2.45) is 5.92 Å². The van der Waals surface area contributed by atoms with Crippen molar-refractivity contribution < 1.29 is 18.0 Å². The van der Waals surface area contributed by atoms with E-state index in [1.165, 1.54) is 19.2 Å². The first kappa shape index (κ1) is 15.7. The predicted octanol–water partition coefficient (Wildman–Crippen LogP) is 4.02.